The Morgan fingerprint density at radius 3 is 2.83 bits per heavy atom. The molecule has 5 aromatic rings. The van der Waals surface area contributed by atoms with Crippen molar-refractivity contribution in [1.82, 2.24) is 44.5 Å². The lowest BCUT2D eigenvalue weighted by Crippen LogP contribution is -2.41. The fourth-order valence-corrected chi connectivity index (χ4v) is 4.25. The smallest absolute Gasteiger partial charge is 0.333 e. The van der Waals surface area contributed by atoms with Gasteiger partial charge >= 0.3 is 18.3 Å². The van der Waals surface area contributed by atoms with Crippen molar-refractivity contribution in [3.63, 3.8) is 0 Å². The molecule has 1 aliphatic rings. The van der Waals surface area contributed by atoms with Gasteiger partial charge in [0.25, 0.3) is 12.3 Å². The topological polar surface area (TPSA) is 123 Å². The maximum absolute atomic E-state index is 13.5. The first-order valence-electron chi connectivity index (χ1n) is 10.7. The Kier molecular flexibility index (Phi) is 5.05. The number of fused-ring (bicyclic) bond motifs is 2. The molecule has 36 heavy (non-hydrogen) atoms. The molecule has 1 amide bonds. The molecule has 11 nitrogen and oxygen atoms in total. The minimum atomic E-state index is -2.85. The SMILES string of the molecule is O=C(c1nnc(-c2cnn(C(F)F)c2)o1)N1CCc2[nH]cnc2[C@@H]1c1cc2cccc(C(F)F)n2n1. The Labute approximate surface area is 198 Å². The van der Waals surface area contributed by atoms with Crippen LogP contribution in [-0.4, -0.2) is 56.9 Å². The van der Waals surface area contributed by atoms with Crippen molar-refractivity contribution in [2.75, 3.05) is 6.54 Å². The van der Waals surface area contributed by atoms with Gasteiger partial charge in [-0.25, -0.2) is 23.0 Å². The molecule has 0 fully saturated rings. The van der Waals surface area contributed by atoms with E-state index < -0.39 is 24.9 Å². The number of halogens is 4. The molecular weight excluding hydrogens is 486 g/mol. The second-order valence-electron chi connectivity index (χ2n) is 7.97. The average molecular weight is 501 g/mol. The van der Waals surface area contributed by atoms with Crippen LogP contribution in [0.2, 0.25) is 0 Å². The number of aromatic amines is 1. The summed E-state index contributed by atoms with van der Waals surface area (Å²) in [4.78, 5) is 22.2. The normalized spacial score (nSPS) is 15.8. The Bertz CT molecular complexity index is 1570. The Hall–Kier alpha value is -4.56. The Balaban J connectivity index is 1.38. The summed E-state index contributed by atoms with van der Waals surface area (Å²) in [6, 6.07) is 5.19. The number of carbonyl (C=O) groups is 1. The molecule has 0 radical (unpaired) electrons. The number of H-pyrrole nitrogens is 1. The number of hydrogen-bond donors (Lipinski definition) is 1. The molecule has 5 aromatic heterocycles. The van der Waals surface area contributed by atoms with Gasteiger partial charge in [-0.05, 0) is 18.2 Å². The highest BCUT2D eigenvalue weighted by Gasteiger charge is 2.38. The van der Waals surface area contributed by atoms with Crippen LogP contribution in [0.4, 0.5) is 17.6 Å². The molecule has 0 aromatic carbocycles. The molecule has 0 unspecified atom stereocenters. The quantitative estimate of drug-likeness (QED) is 0.366. The van der Waals surface area contributed by atoms with Crippen LogP contribution in [0, 0.1) is 0 Å². The predicted octanol–water partition coefficient (Wildman–Crippen LogP) is 3.42. The van der Waals surface area contributed by atoms with Gasteiger partial charge in [-0.2, -0.15) is 19.0 Å². The van der Waals surface area contributed by atoms with E-state index >= 15 is 0 Å². The number of carbonyl (C=O) groups excluding carboxylic acids is 1. The first-order chi connectivity index (χ1) is 17.4. The third-order valence-corrected chi connectivity index (χ3v) is 5.88. The zero-order valence-electron chi connectivity index (χ0n) is 18.1. The number of nitrogens with one attached hydrogen (secondary N) is 1. The van der Waals surface area contributed by atoms with Crippen molar-refractivity contribution in [2.24, 2.45) is 0 Å². The second kappa shape index (κ2) is 8.28. The number of alkyl halides is 4. The largest absolute Gasteiger partial charge is 0.412 e. The highest BCUT2D eigenvalue weighted by Crippen LogP contribution is 2.35. The first-order valence-corrected chi connectivity index (χ1v) is 10.7. The molecule has 0 saturated carbocycles. The van der Waals surface area contributed by atoms with Crippen LogP contribution in [0.1, 0.15) is 52.5 Å². The van der Waals surface area contributed by atoms with Crippen LogP contribution in [0.25, 0.3) is 17.0 Å². The van der Waals surface area contributed by atoms with E-state index in [1.165, 1.54) is 23.4 Å². The van der Waals surface area contributed by atoms with Crippen molar-refractivity contribution in [1.29, 1.82) is 0 Å². The van der Waals surface area contributed by atoms with Gasteiger partial charge in [-0.1, -0.05) is 6.07 Å². The molecular formula is C21H15F4N9O2. The average Bonchev–Trinajstić information content (AvgIpc) is 3.66. The Morgan fingerprint density at radius 1 is 1.19 bits per heavy atom. The summed E-state index contributed by atoms with van der Waals surface area (Å²) < 4.78 is 59.8. The zero-order chi connectivity index (χ0) is 25.0. The van der Waals surface area contributed by atoms with Crippen molar-refractivity contribution < 1.29 is 26.8 Å². The van der Waals surface area contributed by atoms with E-state index in [0.29, 0.717) is 28.0 Å². The standard InChI is InChI=1S/C21H15F4N9O2/c22-17(23)14-3-1-2-11-6-13(31-34(11)14)16-15-12(26-9-27-15)4-5-32(16)20(35)19-30-29-18(36-19)10-7-28-33(8-10)21(24)25/h1-3,6-9,16-17,21H,4-5H2,(H,26,27)/t16-/m0/s1. The molecule has 0 aliphatic carbocycles. The van der Waals surface area contributed by atoms with E-state index in [9.17, 15) is 22.4 Å². The second-order valence-corrected chi connectivity index (χ2v) is 7.97. The number of imidazole rings is 1. The highest BCUT2D eigenvalue weighted by atomic mass is 19.3. The van der Waals surface area contributed by atoms with E-state index in [1.54, 1.807) is 12.1 Å². The van der Waals surface area contributed by atoms with Crippen LogP contribution >= 0.6 is 0 Å². The van der Waals surface area contributed by atoms with Gasteiger partial charge in [0.2, 0.25) is 0 Å². The summed E-state index contributed by atoms with van der Waals surface area (Å²) in [7, 11) is 0. The number of pyridine rings is 1. The third kappa shape index (κ3) is 3.50. The first kappa shape index (κ1) is 21.9. The van der Waals surface area contributed by atoms with Gasteiger partial charge in [0.05, 0.1) is 35.0 Å². The summed E-state index contributed by atoms with van der Waals surface area (Å²) in [5, 5.41) is 15.5. The molecule has 1 atom stereocenters. The van der Waals surface area contributed by atoms with Crippen LogP contribution < -0.4 is 0 Å². The molecule has 0 saturated heterocycles. The Morgan fingerprint density at radius 2 is 2.06 bits per heavy atom. The van der Waals surface area contributed by atoms with Gasteiger partial charge in [0.15, 0.2) is 0 Å². The summed E-state index contributed by atoms with van der Waals surface area (Å²) in [5.74, 6) is -1.19. The van der Waals surface area contributed by atoms with Crippen molar-refractivity contribution in [2.45, 2.75) is 25.4 Å². The lowest BCUT2D eigenvalue weighted by atomic mass is 9.99. The minimum Gasteiger partial charge on any atom is -0.412 e. The number of hydrogen-bond acceptors (Lipinski definition) is 7. The summed E-state index contributed by atoms with van der Waals surface area (Å²) in [6.07, 6.45) is 1.30. The van der Waals surface area contributed by atoms with E-state index in [4.69, 9.17) is 4.42 Å². The van der Waals surface area contributed by atoms with Crippen LogP contribution in [0.3, 0.4) is 0 Å². The fraction of sp³-hybridized carbons (Fsp3) is 0.238. The molecule has 184 valence electrons. The predicted molar refractivity (Wildman–Crippen MR) is 112 cm³/mol. The van der Waals surface area contributed by atoms with Crippen LogP contribution in [0.5, 0.6) is 0 Å². The fourth-order valence-electron chi connectivity index (χ4n) is 4.25. The number of amides is 1. The molecule has 6 rings (SSSR count). The maximum Gasteiger partial charge on any atom is 0.333 e. The molecule has 15 heteroatoms. The van der Waals surface area contributed by atoms with Gasteiger partial charge in [-0.3, -0.25) is 4.79 Å². The van der Waals surface area contributed by atoms with Crippen molar-refractivity contribution in [3.8, 4) is 11.5 Å². The van der Waals surface area contributed by atoms with E-state index in [-0.39, 0.29) is 29.6 Å². The molecule has 0 bridgehead atoms. The summed E-state index contributed by atoms with van der Waals surface area (Å²) in [6.45, 7) is -2.63. The molecule has 6 heterocycles. The van der Waals surface area contributed by atoms with Crippen molar-refractivity contribution >= 4 is 11.4 Å². The monoisotopic (exact) mass is 501 g/mol. The summed E-state index contributed by atoms with van der Waals surface area (Å²) >= 11 is 0. The zero-order valence-corrected chi connectivity index (χ0v) is 18.1. The lowest BCUT2D eigenvalue weighted by molar-refractivity contribution is 0.0566. The van der Waals surface area contributed by atoms with E-state index in [1.807, 2.05) is 0 Å². The van der Waals surface area contributed by atoms with E-state index in [2.05, 4.69) is 30.4 Å². The molecule has 1 aliphatic heterocycles. The molecule has 0 spiro atoms. The van der Waals surface area contributed by atoms with Gasteiger partial charge in [0, 0.05) is 24.9 Å². The van der Waals surface area contributed by atoms with E-state index in [0.717, 1.165) is 22.6 Å². The summed E-state index contributed by atoms with van der Waals surface area (Å²) in [5.41, 5.74) is 1.86. The van der Waals surface area contributed by atoms with Crippen molar-refractivity contribution in [3.05, 3.63) is 71.7 Å². The van der Waals surface area contributed by atoms with Crippen LogP contribution in [-0.2, 0) is 6.42 Å². The van der Waals surface area contributed by atoms with Gasteiger partial charge < -0.3 is 14.3 Å². The minimum absolute atomic E-state index is 0.117. The van der Waals surface area contributed by atoms with Gasteiger partial charge in [0.1, 0.15) is 11.7 Å². The third-order valence-electron chi connectivity index (χ3n) is 5.88. The maximum atomic E-state index is 13.5. The number of nitrogens with zero attached hydrogens (tertiary/aromatic N) is 8. The molecule has 1 N–H and O–H groups in total. The highest BCUT2D eigenvalue weighted by molar-refractivity contribution is 5.90. The van der Waals surface area contributed by atoms with Crippen LogP contribution in [0.15, 0.2) is 47.4 Å². The number of rotatable bonds is 5. The number of aromatic nitrogens is 8. The lowest BCUT2D eigenvalue weighted by Gasteiger charge is -2.32. The van der Waals surface area contributed by atoms with Gasteiger partial charge in [-0.15, -0.1) is 10.2 Å².